The first-order valence-electron chi connectivity index (χ1n) is 6.86. The van der Waals surface area contributed by atoms with Gasteiger partial charge in [0.05, 0.1) is 0 Å². The Morgan fingerprint density at radius 1 is 1.19 bits per heavy atom. The minimum absolute atomic E-state index is 0.746. The van der Waals surface area contributed by atoms with Crippen molar-refractivity contribution in [2.75, 3.05) is 0 Å². The Bertz CT molecular complexity index is 301. The molecule has 1 aromatic carbocycles. The third-order valence-electron chi connectivity index (χ3n) is 4.43. The molecule has 1 aliphatic carbocycles. The predicted molar refractivity (Wildman–Crippen MR) is 70.6 cm³/mol. The van der Waals surface area contributed by atoms with Crippen molar-refractivity contribution in [3.8, 4) is 0 Å². The van der Waals surface area contributed by atoms with E-state index < -0.39 is 0 Å². The lowest BCUT2D eigenvalue weighted by molar-refractivity contribution is 0.235. The van der Waals surface area contributed by atoms with Crippen LogP contribution in [0.1, 0.15) is 57.4 Å². The lowest BCUT2D eigenvalue weighted by Crippen LogP contribution is -2.19. The molecule has 0 amide bonds. The molecule has 0 aromatic heterocycles. The predicted octanol–water partition coefficient (Wildman–Crippen LogP) is 5.01. The highest BCUT2D eigenvalue weighted by molar-refractivity contribution is 5.19. The molecule has 0 spiro atoms. The summed E-state index contributed by atoms with van der Waals surface area (Å²) in [6.07, 6.45) is 7.17. The molecule has 88 valence electrons. The summed E-state index contributed by atoms with van der Waals surface area (Å²) >= 11 is 0. The molecule has 1 aliphatic rings. The maximum absolute atomic E-state index is 2.41. The van der Waals surface area contributed by atoms with Crippen LogP contribution in [0.15, 0.2) is 30.3 Å². The Balaban J connectivity index is 2.01. The van der Waals surface area contributed by atoms with Gasteiger partial charge in [-0.2, -0.15) is 0 Å². The fraction of sp³-hybridized carbons (Fsp3) is 0.625. The molecule has 0 saturated heterocycles. The van der Waals surface area contributed by atoms with Gasteiger partial charge in [-0.3, -0.25) is 0 Å². The van der Waals surface area contributed by atoms with Gasteiger partial charge in [-0.05, 0) is 36.2 Å². The lowest BCUT2D eigenvalue weighted by Gasteiger charge is -2.32. The fourth-order valence-corrected chi connectivity index (χ4v) is 3.19. The van der Waals surface area contributed by atoms with Gasteiger partial charge in [-0.25, -0.2) is 0 Å². The fourth-order valence-electron chi connectivity index (χ4n) is 3.19. The number of hydrogen-bond donors (Lipinski definition) is 0. The highest BCUT2D eigenvalue weighted by Crippen LogP contribution is 2.39. The van der Waals surface area contributed by atoms with Gasteiger partial charge in [-0.1, -0.05) is 63.4 Å². The summed E-state index contributed by atoms with van der Waals surface area (Å²) in [5, 5.41) is 0. The van der Waals surface area contributed by atoms with Crippen LogP contribution in [0.4, 0.5) is 0 Å². The Labute approximate surface area is 100 Å². The normalized spacial score (nSPS) is 27.6. The van der Waals surface area contributed by atoms with Gasteiger partial charge in [-0.15, -0.1) is 0 Å². The molecule has 0 aliphatic heterocycles. The van der Waals surface area contributed by atoms with E-state index in [9.17, 15) is 0 Å². The summed E-state index contributed by atoms with van der Waals surface area (Å²) in [5.74, 6) is 2.65. The standard InChI is InChI=1S/C16H24/c1-3-14-8-7-11-16(12-14)13(2)15-9-5-4-6-10-15/h4-6,9-10,13-14,16H,3,7-8,11-12H2,1-2H3. The SMILES string of the molecule is CCC1CCCC(C(C)c2ccccc2)C1. The van der Waals surface area contributed by atoms with Crippen LogP contribution in [0.3, 0.4) is 0 Å². The second-order valence-electron chi connectivity index (χ2n) is 5.40. The first-order chi connectivity index (χ1) is 7.81. The van der Waals surface area contributed by atoms with Crippen LogP contribution in [0, 0.1) is 11.8 Å². The topological polar surface area (TPSA) is 0 Å². The van der Waals surface area contributed by atoms with Crippen LogP contribution in [0.25, 0.3) is 0 Å². The summed E-state index contributed by atoms with van der Waals surface area (Å²) < 4.78 is 0. The maximum Gasteiger partial charge on any atom is -0.0162 e. The van der Waals surface area contributed by atoms with Crippen molar-refractivity contribution in [1.82, 2.24) is 0 Å². The highest BCUT2D eigenvalue weighted by atomic mass is 14.3. The van der Waals surface area contributed by atoms with Crippen molar-refractivity contribution in [3.63, 3.8) is 0 Å². The van der Waals surface area contributed by atoms with E-state index in [0.29, 0.717) is 0 Å². The number of benzene rings is 1. The van der Waals surface area contributed by atoms with E-state index in [4.69, 9.17) is 0 Å². The second kappa shape index (κ2) is 5.52. The van der Waals surface area contributed by atoms with Crippen molar-refractivity contribution in [2.45, 2.75) is 51.9 Å². The molecule has 0 heterocycles. The molecular formula is C16H24. The van der Waals surface area contributed by atoms with Crippen molar-refractivity contribution in [2.24, 2.45) is 11.8 Å². The minimum atomic E-state index is 0.746. The van der Waals surface area contributed by atoms with Gasteiger partial charge in [0.2, 0.25) is 0 Å². The van der Waals surface area contributed by atoms with Crippen molar-refractivity contribution in [1.29, 1.82) is 0 Å². The van der Waals surface area contributed by atoms with Gasteiger partial charge in [0.15, 0.2) is 0 Å². The van der Waals surface area contributed by atoms with E-state index in [0.717, 1.165) is 17.8 Å². The molecular weight excluding hydrogens is 192 g/mol. The van der Waals surface area contributed by atoms with Crippen LogP contribution in [-0.4, -0.2) is 0 Å². The first-order valence-corrected chi connectivity index (χ1v) is 6.86. The molecule has 0 nitrogen and oxygen atoms in total. The summed E-state index contributed by atoms with van der Waals surface area (Å²) in [6.45, 7) is 4.76. The average molecular weight is 216 g/mol. The lowest BCUT2D eigenvalue weighted by atomic mass is 9.73. The summed E-state index contributed by atoms with van der Waals surface area (Å²) in [6, 6.07) is 11.0. The van der Waals surface area contributed by atoms with E-state index in [2.05, 4.69) is 44.2 Å². The zero-order valence-corrected chi connectivity index (χ0v) is 10.7. The van der Waals surface area contributed by atoms with Gasteiger partial charge >= 0.3 is 0 Å². The largest absolute Gasteiger partial charge is 0.0651 e. The summed E-state index contributed by atoms with van der Waals surface area (Å²) in [4.78, 5) is 0. The molecule has 1 saturated carbocycles. The molecule has 2 rings (SSSR count). The van der Waals surface area contributed by atoms with Crippen LogP contribution in [0.5, 0.6) is 0 Å². The van der Waals surface area contributed by atoms with E-state index in [1.807, 2.05) is 0 Å². The Morgan fingerprint density at radius 2 is 1.94 bits per heavy atom. The molecule has 0 heteroatoms. The van der Waals surface area contributed by atoms with Gasteiger partial charge in [0, 0.05) is 0 Å². The van der Waals surface area contributed by atoms with Gasteiger partial charge < -0.3 is 0 Å². The van der Waals surface area contributed by atoms with Gasteiger partial charge in [0.25, 0.3) is 0 Å². The van der Waals surface area contributed by atoms with Crippen LogP contribution >= 0.6 is 0 Å². The Morgan fingerprint density at radius 3 is 2.62 bits per heavy atom. The van der Waals surface area contributed by atoms with Crippen LogP contribution in [0.2, 0.25) is 0 Å². The first kappa shape index (κ1) is 11.7. The third kappa shape index (κ3) is 2.66. The van der Waals surface area contributed by atoms with E-state index in [-0.39, 0.29) is 0 Å². The molecule has 1 aromatic rings. The second-order valence-corrected chi connectivity index (χ2v) is 5.40. The van der Waals surface area contributed by atoms with E-state index in [1.165, 1.54) is 37.7 Å². The molecule has 0 bridgehead atoms. The third-order valence-corrected chi connectivity index (χ3v) is 4.43. The van der Waals surface area contributed by atoms with E-state index in [1.54, 1.807) is 0 Å². The maximum atomic E-state index is 2.41. The van der Waals surface area contributed by atoms with E-state index >= 15 is 0 Å². The number of rotatable bonds is 3. The quantitative estimate of drug-likeness (QED) is 0.666. The Hall–Kier alpha value is -0.780. The van der Waals surface area contributed by atoms with Crippen molar-refractivity contribution >= 4 is 0 Å². The van der Waals surface area contributed by atoms with Crippen LogP contribution in [-0.2, 0) is 0 Å². The molecule has 3 unspecified atom stereocenters. The molecule has 3 atom stereocenters. The Kier molecular flexibility index (Phi) is 4.04. The average Bonchev–Trinajstić information content (AvgIpc) is 2.39. The zero-order chi connectivity index (χ0) is 11.4. The number of hydrogen-bond acceptors (Lipinski definition) is 0. The van der Waals surface area contributed by atoms with Crippen LogP contribution < -0.4 is 0 Å². The smallest absolute Gasteiger partial charge is 0.0162 e. The molecule has 0 N–H and O–H groups in total. The van der Waals surface area contributed by atoms with Crippen molar-refractivity contribution in [3.05, 3.63) is 35.9 Å². The summed E-state index contributed by atoms with van der Waals surface area (Å²) in [7, 11) is 0. The molecule has 0 radical (unpaired) electrons. The zero-order valence-electron chi connectivity index (χ0n) is 10.7. The molecule has 16 heavy (non-hydrogen) atoms. The van der Waals surface area contributed by atoms with Crippen molar-refractivity contribution < 1.29 is 0 Å². The minimum Gasteiger partial charge on any atom is -0.0651 e. The highest BCUT2D eigenvalue weighted by Gasteiger charge is 2.25. The van der Waals surface area contributed by atoms with Gasteiger partial charge in [0.1, 0.15) is 0 Å². The molecule has 1 fully saturated rings. The monoisotopic (exact) mass is 216 g/mol. The summed E-state index contributed by atoms with van der Waals surface area (Å²) in [5.41, 5.74) is 1.53.